The smallest absolute Gasteiger partial charge is 0.240 e. The third-order valence-electron chi connectivity index (χ3n) is 4.02. The van der Waals surface area contributed by atoms with Crippen LogP contribution >= 0.6 is 0 Å². The molecule has 2 fully saturated rings. The van der Waals surface area contributed by atoms with E-state index in [1.807, 2.05) is 6.07 Å². The monoisotopic (exact) mass is 281 g/mol. The molecule has 5 nitrogen and oxygen atoms in total. The van der Waals surface area contributed by atoms with E-state index in [0.717, 1.165) is 25.8 Å². The highest BCUT2D eigenvalue weighted by Gasteiger charge is 2.38. The lowest BCUT2D eigenvalue weighted by Crippen LogP contribution is -2.52. The van der Waals surface area contributed by atoms with E-state index in [2.05, 4.69) is 15.6 Å². The maximum atomic E-state index is 12.3. The first-order valence-corrected chi connectivity index (χ1v) is 8.21. The molecule has 0 spiro atoms. The molecule has 1 aromatic rings. The minimum atomic E-state index is -3.42. The highest BCUT2D eigenvalue weighted by Crippen LogP contribution is 2.27. The van der Waals surface area contributed by atoms with Crippen molar-refractivity contribution >= 4 is 10.0 Å². The van der Waals surface area contributed by atoms with E-state index < -0.39 is 10.0 Å². The van der Waals surface area contributed by atoms with Crippen LogP contribution in [0.5, 0.6) is 0 Å². The molecule has 3 rings (SSSR count). The molecule has 1 saturated heterocycles. The van der Waals surface area contributed by atoms with Gasteiger partial charge in [0.05, 0.1) is 4.90 Å². The van der Waals surface area contributed by atoms with E-state index in [0.29, 0.717) is 10.8 Å². The standard InChI is InChI=1S/C13H19N3O2S/c17-19(18,11-6-2-1-3-7-11)16-12-8-4-5-10-9-14-15-13(10)12/h1-3,6-7,10,12-16H,4-5,8-9H2. The van der Waals surface area contributed by atoms with Gasteiger partial charge in [-0.3, -0.25) is 10.9 Å². The van der Waals surface area contributed by atoms with Crippen LogP contribution in [0.25, 0.3) is 0 Å². The summed E-state index contributed by atoms with van der Waals surface area (Å²) < 4.78 is 27.5. The fourth-order valence-corrected chi connectivity index (χ4v) is 4.36. The van der Waals surface area contributed by atoms with Crippen LogP contribution in [0.3, 0.4) is 0 Å². The van der Waals surface area contributed by atoms with Crippen LogP contribution in [-0.2, 0) is 10.0 Å². The van der Waals surface area contributed by atoms with Crippen LogP contribution < -0.4 is 15.6 Å². The van der Waals surface area contributed by atoms with Gasteiger partial charge in [-0.1, -0.05) is 24.6 Å². The number of fused-ring (bicyclic) bond motifs is 1. The quantitative estimate of drug-likeness (QED) is 0.759. The summed E-state index contributed by atoms with van der Waals surface area (Å²) in [5, 5.41) is 0. The van der Waals surface area contributed by atoms with Crippen molar-refractivity contribution in [1.82, 2.24) is 15.6 Å². The van der Waals surface area contributed by atoms with Crippen LogP contribution in [-0.4, -0.2) is 27.0 Å². The third-order valence-corrected chi connectivity index (χ3v) is 5.53. The summed E-state index contributed by atoms with van der Waals surface area (Å²) in [6.07, 6.45) is 3.13. The Morgan fingerprint density at radius 1 is 1.16 bits per heavy atom. The van der Waals surface area contributed by atoms with Gasteiger partial charge in [-0.25, -0.2) is 13.1 Å². The van der Waals surface area contributed by atoms with Crippen molar-refractivity contribution in [3.05, 3.63) is 30.3 Å². The highest BCUT2D eigenvalue weighted by atomic mass is 32.2. The predicted molar refractivity (Wildman–Crippen MR) is 72.8 cm³/mol. The summed E-state index contributed by atoms with van der Waals surface area (Å²) in [5.74, 6) is 0.525. The summed E-state index contributed by atoms with van der Waals surface area (Å²) in [6.45, 7) is 0.925. The zero-order valence-electron chi connectivity index (χ0n) is 10.7. The van der Waals surface area contributed by atoms with Gasteiger partial charge in [-0.15, -0.1) is 0 Å². The van der Waals surface area contributed by atoms with Crippen LogP contribution in [0, 0.1) is 5.92 Å². The van der Waals surface area contributed by atoms with Crippen LogP contribution in [0.2, 0.25) is 0 Å². The number of rotatable bonds is 3. The van der Waals surface area contributed by atoms with Crippen molar-refractivity contribution in [3.8, 4) is 0 Å². The minimum Gasteiger partial charge on any atom is -0.257 e. The van der Waals surface area contributed by atoms with Crippen molar-refractivity contribution in [2.45, 2.75) is 36.2 Å². The maximum Gasteiger partial charge on any atom is 0.240 e. The Labute approximate surface area is 113 Å². The van der Waals surface area contributed by atoms with Crippen molar-refractivity contribution < 1.29 is 8.42 Å². The zero-order valence-corrected chi connectivity index (χ0v) is 11.5. The molecule has 3 unspecified atom stereocenters. The van der Waals surface area contributed by atoms with E-state index >= 15 is 0 Å². The van der Waals surface area contributed by atoms with Crippen molar-refractivity contribution in [3.63, 3.8) is 0 Å². The maximum absolute atomic E-state index is 12.3. The van der Waals surface area contributed by atoms with Gasteiger partial charge in [0.25, 0.3) is 0 Å². The summed E-state index contributed by atoms with van der Waals surface area (Å²) in [7, 11) is -3.42. The minimum absolute atomic E-state index is 0.0287. The average Bonchev–Trinajstić information content (AvgIpc) is 2.89. The van der Waals surface area contributed by atoms with Gasteiger partial charge in [-0.05, 0) is 30.9 Å². The van der Waals surface area contributed by atoms with Gasteiger partial charge in [0.1, 0.15) is 0 Å². The SMILES string of the molecule is O=S(=O)(NC1CCCC2CNNC21)c1ccccc1. The Morgan fingerprint density at radius 2 is 1.95 bits per heavy atom. The zero-order chi connectivity index (χ0) is 13.3. The van der Waals surface area contributed by atoms with E-state index in [9.17, 15) is 8.42 Å². The molecule has 2 aliphatic rings. The summed E-state index contributed by atoms with van der Waals surface area (Å²) >= 11 is 0. The largest absolute Gasteiger partial charge is 0.257 e. The summed E-state index contributed by atoms with van der Waals surface area (Å²) in [5.41, 5.74) is 6.34. The van der Waals surface area contributed by atoms with Crippen LogP contribution in [0.4, 0.5) is 0 Å². The molecule has 104 valence electrons. The highest BCUT2D eigenvalue weighted by molar-refractivity contribution is 7.89. The molecule has 1 aliphatic carbocycles. The molecule has 1 aromatic carbocycles. The fraction of sp³-hybridized carbons (Fsp3) is 0.538. The molecule has 1 aliphatic heterocycles. The van der Waals surface area contributed by atoms with E-state index in [-0.39, 0.29) is 12.1 Å². The second-order valence-corrected chi connectivity index (χ2v) is 7.00. The molecular weight excluding hydrogens is 262 g/mol. The molecule has 1 saturated carbocycles. The van der Waals surface area contributed by atoms with Gasteiger partial charge in [0.2, 0.25) is 10.0 Å². The summed E-state index contributed by atoms with van der Waals surface area (Å²) in [4.78, 5) is 0.336. The van der Waals surface area contributed by atoms with Gasteiger partial charge in [0, 0.05) is 18.6 Å². The lowest BCUT2D eigenvalue weighted by atomic mass is 9.83. The predicted octanol–water partition coefficient (Wildman–Crippen LogP) is 0.610. The Morgan fingerprint density at radius 3 is 2.74 bits per heavy atom. The van der Waals surface area contributed by atoms with E-state index in [1.165, 1.54) is 0 Å². The Hall–Kier alpha value is -0.950. The Balaban J connectivity index is 1.77. The van der Waals surface area contributed by atoms with Gasteiger partial charge in [-0.2, -0.15) is 0 Å². The molecule has 0 radical (unpaired) electrons. The molecule has 0 bridgehead atoms. The molecule has 1 heterocycles. The first-order chi connectivity index (χ1) is 9.17. The molecule has 3 atom stereocenters. The molecular formula is C13H19N3O2S. The van der Waals surface area contributed by atoms with Crippen molar-refractivity contribution in [2.75, 3.05) is 6.54 Å². The number of benzene rings is 1. The third kappa shape index (κ3) is 2.67. The molecule has 0 amide bonds. The summed E-state index contributed by atoms with van der Waals surface area (Å²) in [6, 6.07) is 8.73. The number of hydrogen-bond donors (Lipinski definition) is 3. The lowest BCUT2D eigenvalue weighted by Gasteiger charge is -2.33. The van der Waals surface area contributed by atoms with Crippen LogP contribution in [0.1, 0.15) is 19.3 Å². The normalized spacial score (nSPS) is 31.1. The lowest BCUT2D eigenvalue weighted by molar-refractivity contribution is 0.279. The first-order valence-electron chi connectivity index (χ1n) is 6.72. The Bertz CT molecular complexity index is 532. The van der Waals surface area contributed by atoms with E-state index in [1.54, 1.807) is 24.3 Å². The van der Waals surface area contributed by atoms with Gasteiger partial charge in [0.15, 0.2) is 0 Å². The molecule has 6 heteroatoms. The van der Waals surface area contributed by atoms with E-state index in [4.69, 9.17) is 0 Å². The number of hydrazine groups is 1. The topological polar surface area (TPSA) is 70.2 Å². The fourth-order valence-electron chi connectivity index (χ4n) is 3.04. The molecule has 3 N–H and O–H groups in total. The second-order valence-electron chi connectivity index (χ2n) is 5.28. The second kappa shape index (κ2) is 5.20. The van der Waals surface area contributed by atoms with Gasteiger partial charge < -0.3 is 0 Å². The average molecular weight is 281 g/mol. The van der Waals surface area contributed by atoms with Crippen molar-refractivity contribution in [2.24, 2.45) is 5.92 Å². The molecule has 19 heavy (non-hydrogen) atoms. The first kappa shape index (κ1) is 13.1. The number of sulfonamides is 1. The van der Waals surface area contributed by atoms with Crippen LogP contribution in [0.15, 0.2) is 35.2 Å². The Kier molecular flexibility index (Phi) is 3.58. The number of nitrogens with one attached hydrogen (secondary N) is 3. The number of hydrogen-bond acceptors (Lipinski definition) is 4. The van der Waals surface area contributed by atoms with Crippen molar-refractivity contribution in [1.29, 1.82) is 0 Å². The molecule has 0 aromatic heterocycles. The van der Waals surface area contributed by atoms with Gasteiger partial charge >= 0.3 is 0 Å².